The van der Waals surface area contributed by atoms with Gasteiger partial charge in [0.25, 0.3) is 0 Å². The Labute approximate surface area is 105 Å². The van der Waals surface area contributed by atoms with Gasteiger partial charge in [-0.05, 0) is 31.7 Å². The molecule has 18 heavy (non-hydrogen) atoms. The number of carbonyl (C=O) groups excluding carboxylic acids is 1. The highest BCUT2D eigenvalue weighted by Gasteiger charge is 2.48. The normalized spacial score (nSPS) is 27.5. The van der Waals surface area contributed by atoms with Crippen molar-refractivity contribution in [2.24, 2.45) is 0 Å². The van der Waals surface area contributed by atoms with Gasteiger partial charge < -0.3 is 5.11 Å². The first-order valence-electron chi connectivity index (χ1n) is 6.26. The number of nitroso groups, excluding NO2 is 1. The third kappa shape index (κ3) is 1.62. The molecule has 0 spiro atoms. The predicted molar refractivity (Wildman–Crippen MR) is 64.2 cm³/mol. The summed E-state index contributed by atoms with van der Waals surface area (Å²) in [5.74, 6) is -0.250. The largest absolute Gasteiger partial charge is 0.393 e. The van der Waals surface area contributed by atoms with Gasteiger partial charge in [0.2, 0.25) is 0 Å². The monoisotopic (exact) mass is 247 g/mol. The highest BCUT2D eigenvalue weighted by Crippen LogP contribution is 2.34. The Bertz CT molecular complexity index is 480. The van der Waals surface area contributed by atoms with Crippen LogP contribution in [-0.2, 0) is 0 Å². The van der Waals surface area contributed by atoms with Gasteiger partial charge in [-0.2, -0.15) is 0 Å². The first kappa shape index (κ1) is 11.3. The second-order valence-electron chi connectivity index (χ2n) is 4.91. The average molecular weight is 247 g/mol. The summed E-state index contributed by atoms with van der Waals surface area (Å²) in [5, 5.41) is 10.9. The number of benzene rings is 1. The van der Waals surface area contributed by atoms with Crippen LogP contribution in [0.4, 0.5) is 5.69 Å². The molecule has 1 aliphatic heterocycles. The Hall–Kier alpha value is -1.75. The predicted octanol–water partition coefficient (Wildman–Crippen LogP) is 1.77. The summed E-state index contributed by atoms with van der Waals surface area (Å²) in [6.07, 6.45) is 2.45. The first-order chi connectivity index (χ1) is 8.68. The Morgan fingerprint density at radius 3 is 2.78 bits per heavy atom. The number of hydrogen-bond acceptors (Lipinski definition) is 3. The molecule has 1 fully saturated rings. The zero-order valence-corrected chi connectivity index (χ0v) is 9.95. The Morgan fingerprint density at radius 2 is 2.06 bits per heavy atom. The molecule has 1 aromatic carbocycles. The van der Waals surface area contributed by atoms with Crippen molar-refractivity contribution in [2.75, 3.05) is 0 Å². The molecule has 94 valence electrons. The molecule has 5 nitrogen and oxygen atoms in total. The second kappa shape index (κ2) is 4.17. The van der Waals surface area contributed by atoms with Gasteiger partial charge in [0.15, 0.2) is 4.87 Å². The van der Waals surface area contributed by atoms with Crippen LogP contribution in [0.1, 0.15) is 36.0 Å². The lowest BCUT2D eigenvalue weighted by molar-refractivity contribution is -0.620. The van der Waals surface area contributed by atoms with Gasteiger partial charge in [-0.15, -0.1) is 0 Å². The molecule has 0 radical (unpaired) electrons. The third-order valence-corrected chi connectivity index (χ3v) is 3.71. The molecule has 1 N–H and O–H groups in total. The van der Waals surface area contributed by atoms with Crippen LogP contribution >= 0.6 is 0 Å². The average Bonchev–Trinajstić information content (AvgIpc) is 2.63. The van der Waals surface area contributed by atoms with Crippen LogP contribution < -0.4 is 0 Å². The van der Waals surface area contributed by atoms with Crippen molar-refractivity contribution in [3.63, 3.8) is 0 Å². The third-order valence-electron chi connectivity index (χ3n) is 3.71. The van der Waals surface area contributed by atoms with Crippen LogP contribution in [0.2, 0.25) is 0 Å². The number of nitrogens with zero attached hydrogens (tertiary/aromatic N) is 2. The van der Waals surface area contributed by atoms with Crippen LogP contribution in [0.25, 0.3) is 0 Å². The van der Waals surface area contributed by atoms with E-state index in [-0.39, 0.29) is 11.9 Å². The fraction of sp³-hybridized carbons (Fsp3) is 0.462. The van der Waals surface area contributed by atoms with Crippen molar-refractivity contribution < 1.29 is 14.8 Å². The van der Waals surface area contributed by atoms with Crippen molar-refractivity contribution >= 4 is 11.6 Å². The number of fused-ring (bicyclic) bond motifs is 1. The molecule has 2 atom stereocenters. The number of rotatable bonds is 1. The molecule has 5 heteroatoms. The molecule has 1 aliphatic carbocycles. The highest BCUT2D eigenvalue weighted by atomic mass is 16.3. The standard InChI is InChI=1S/C13H15N2O3/c16-10-5-3-4-9(8-10)14-13(17)11-6-1-2-7-12(11)15(14)18/h1-2,6-7,9-10,16H,3-5,8H2/q+1/t9-,10-/m1/s1. The lowest BCUT2D eigenvalue weighted by Gasteiger charge is -2.26. The smallest absolute Gasteiger partial charge is 0.320 e. The summed E-state index contributed by atoms with van der Waals surface area (Å²) >= 11 is 0. The fourth-order valence-corrected chi connectivity index (χ4v) is 2.82. The Morgan fingerprint density at radius 1 is 1.28 bits per heavy atom. The number of carbonyl (C=O) groups is 1. The van der Waals surface area contributed by atoms with Crippen LogP contribution in [0.3, 0.4) is 0 Å². The topological polar surface area (TPSA) is 60.6 Å². The summed E-state index contributed by atoms with van der Waals surface area (Å²) in [5.41, 5.74) is 0.857. The van der Waals surface area contributed by atoms with E-state index in [0.717, 1.165) is 19.3 Å². The van der Waals surface area contributed by atoms with Crippen molar-refractivity contribution in [3.8, 4) is 0 Å². The van der Waals surface area contributed by atoms with E-state index >= 15 is 0 Å². The molecule has 0 saturated heterocycles. The minimum absolute atomic E-state index is 0.189. The summed E-state index contributed by atoms with van der Waals surface area (Å²) < 4.78 is 0. The van der Waals surface area contributed by atoms with Crippen molar-refractivity contribution in [3.05, 3.63) is 34.7 Å². The summed E-state index contributed by atoms with van der Waals surface area (Å²) in [6, 6.07) is 6.63. The number of aliphatic hydroxyl groups is 1. The molecule has 2 aliphatic rings. The van der Waals surface area contributed by atoms with E-state index < -0.39 is 6.10 Å². The second-order valence-corrected chi connectivity index (χ2v) is 4.91. The summed E-state index contributed by atoms with van der Waals surface area (Å²) in [6.45, 7) is 0. The van der Waals surface area contributed by atoms with Gasteiger partial charge in [0.05, 0.1) is 11.0 Å². The molecule has 1 aromatic rings. The van der Waals surface area contributed by atoms with E-state index in [1.807, 2.05) is 0 Å². The maximum Gasteiger partial charge on any atom is 0.320 e. The van der Waals surface area contributed by atoms with Gasteiger partial charge in [-0.25, -0.2) is 0 Å². The van der Waals surface area contributed by atoms with Crippen LogP contribution in [0.5, 0.6) is 0 Å². The molecule has 3 rings (SSSR count). The highest BCUT2D eigenvalue weighted by molar-refractivity contribution is 5.99. The van der Waals surface area contributed by atoms with Crippen molar-refractivity contribution in [2.45, 2.75) is 37.8 Å². The molecular formula is C13H15N2O3+. The Balaban J connectivity index is 1.92. The molecule has 1 saturated carbocycles. The van der Waals surface area contributed by atoms with Gasteiger partial charge in [0, 0.05) is 6.07 Å². The molecule has 0 unspecified atom stereocenters. The van der Waals surface area contributed by atoms with E-state index in [1.54, 1.807) is 24.3 Å². The SMILES string of the molecule is O=C1c2ccccc2[N+](=O)N1[C@@H]1CCC[C@@H](O)C1. The van der Waals surface area contributed by atoms with Crippen LogP contribution in [-0.4, -0.2) is 33.0 Å². The zero-order chi connectivity index (χ0) is 12.7. The van der Waals surface area contributed by atoms with E-state index in [9.17, 15) is 14.8 Å². The van der Waals surface area contributed by atoms with Crippen LogP contribution in [0, 0.1) is 4.91 Å². The van der Waals surface area contributed by atoms with Gasteiger partial charge in [-0.1, -0.05) is 17.1 Å². The van der Waals surface area contributed by atoms with Crippen molar-refractivity contribution in [1.82, 2.24) is 5.01 Å². The quantitative estimate of drug-likeness (QED) is 0.769. The lowest BCUT2D eigenvalue weighted by atomic mass is 9.92. The number of hydrazine groups is 1. The minimum Gasteiger partial charge on any atom is -0.393 e. The summed E-state index contributed by atoms with van der Waals surface area (Å²) in [4.78, 5) is 25.0. The molecule has 1 amide bonds. The molecule has 0 bridgehead atoms. The first-order valence-corrected chi connectivity index (χ1v) is 6.26. The number of aliphatic hydroxyl groups excluding tert-OH is 1. The molecular weight excluding hydrogens is 232 g/mol. The Kier molecular flexibility index (Phi) is 2.63. The van der Waals surface area contributed by atoms with Gasteiger partial charge in [0.1, 0.15) is 11.6 Å². The van der Waals surface area contributed by atoms with E-state index in [0.29, 0.717) is 22.5 Å². The van der Waals surface area contributed by atoms with Crippen LogP contribution in [0.15, 0.2) is 24.3 Å². The zero-order valence-electron chi connectivity index (χ0n) is 9.95. The fourth-order valence-electron chi connectivity index (χ4n) is 2.82. The molecule has 0 aromatic heterocycles. The maximum absolute atomic E-state index is 12.2. The number of para-hydroxylation sites is 1. The van der Waals surface area contributed by atoms with E-state index in [2.05, 4.69) is 0 Å². The van der Waals surface area contributed by atoms with E-state index in [4.69, 9.17) is 0 Å². The number of amides is 1. The summed E-state index contributed by atoms with van der Waals surface area (Å²) in [7, 11) is 0. The van der Waals surface area contributed by atoms with Crippen molar-refractivity contribution in [1.29, 1.82) is 0 Å². The van der Waals surface area contributed by atoms with E-state index in [1.165, 1.54) is 5.01 Å². The lowest BCUT2D eigenvalue weighted by Crippen LogP contribution is -2.44. The molecule has 1 heterocycles. The minimum atomic E-state index is -0.409. The van der Waals surface area contributed by atoms with Gasteiger partial charge in [-0.3, -0.25) is 4.79 Å². The maximum atomic E-state index is 12.2. The number of hydrogen-bond donors (Lipinski definition) is 1. The van der Waals surface area contributed by atoms with Gasteiger partial charge >= 0.3 is 11.6 Å².